The van der Waals surface area contributed by atoms with Crippen LogP contribution in [0.1, 0.15) is 46.7 Å². The Labute approximate surface area is 201 Å². The first-order valence-corrected chi connectivity index (χ1v) is 12.2. The summed E-state index contributed by atoms with van der Waals surface area (Å²) in [6.45, 7) is 0.526. The zero-order valence-electron chi connectivity index (χ0n) is 18.4. The van der Waals surface area contributed by atoms with Crippen molar-refractivity contribution in [2.45, 2.75) is 44.7 Å². The molecule has 1 aliphatic rings. The SMILES string of the molecule is Cn1cc(NC(=O)[C@H](CC2CCCC2)NC(=O)c2ccc(CNc3cc(Cl)ccn3)s2)cn1. The Morgan fingerprint density at radius 1 is 1.27 bits per heavy atom. The molecular weight excluding hydrogens is 460 g/mol. The maximum absolute atomic E-state index is 13.0. The molecule has 174 valence electrons. The molecule has 1 aliphatic carbocycles. The van der Waals surface area contributed by atoms with Gasteiger partial charge in [0.05, 0.1) is 23.3 Å². The summed E-state index contributed by atoms with van der Waals surface area (Å²) in [7, 11) is 1.79. The predicted octanol–water partition coefficient (Wildman–Crippen LogP) is 4.46. The van der Waals surface area contributed by atoms with E-state index in [1.54, 1.807) is 48.5 Å². The van der Waals surface area contributed by atoms with Gasteiger partial charge in [0.15, 0.2) is 0 Å². The van der Waals surface area contributed by atoms with Gasteiger partial charge < -0.3 is 16.0 Å². The summed E-state index contributed by atoms with van der Waals surface area (Å²) in [5.41, 5.74) is 0.618. The highest BCUT2D eigenvalue weighted by atomic mass is 35.5. The molecule has 3 aromatic rings. The van der Waals surface area contributed by atoms with E-state index in [1.165, 1.54) is 24.2 Å². The molecule has 0 unspecified atom stereocenters. The molecular formula is C23H27ClN6O2S. The number of carbonyl (C=O) groups excluding carboxylic acids is 2. The fraction of sp³-hybridized carbons (Fsp3) is 0.391. The molecule has 0 radical (unpaired) electrons. The van der Waals surface area contributed by atoms with Gasteiger partial charge in [-0.15, -0.1) is 11.3 Å². The van der Waals surface area contributed by atoms with Crippen LogP contribution in [0, 0.1) is 5.92 Å². The van der Waals surface area contributed by atoms with Gasteiger partial charge >= 0.3 is 0 Å². The fourth-order valence-corrected chi connectivity index (χ4v) is 5.04. The van der Waals surface area contributed by atoms with Crippen LogP contribution in [0.4, 0.5) is 11.5 Å². The number of amides is 2. The number of nitrogens with one attached hydrogen (secondary N) is 3. The lowest BCUT2D eigenvalue weighted by molar-refractivity contribution is -0.118. The summed E-state index contributed by atoms with van der Waals surface area (Å²) in [5.74, 6) is 0.666. The minimum Gasteiger partial charge on any atom is -0.365 e. The van der Waals surface area contributed by atoms with Crippen LogP contribution in [0.15, 0.2) is 42.9 Å². The number of hydrogen-bond donors (Lipinski definition) is 3. The molecule has 3 heterocycles. The van der Waals surface area contributed by atoms with Crippen LogP contribution in [0.2, 0.25) is 5.02 Å². The number of rotatable bonds is 9. The lowest BCUT2D eigenvalue weighted by Crippen LogP contribution is -2.44. The van der Waals surface area contributed by atoms with E-state index in [0.29, 0.717) is 40.3 Å². The standard InChI is InChI=1S/C23H27ClN6O2S/c1-30-14-17(12-27-30)28-22(31)19(10-15-4-2-3-5-15)29-23(32)20-7-6-18(33-20)13-26-21-11-16(24)8-9-25-21/h6-9,11-12,14-15,19H,2-5,10,13H2,1H3,(H,25,26)(H,28,31)(H,29,32)/t19-/m0/s1. The number of thiophene rings is 1. The number of aromatic nitrogens is 3. The highest BCUT2D eigenvalue weighted by Gasteiger charge is 2.27. The van der Waals surface area contributed by atoms with Crippen LogP contribution in [0.5, 0.6) is 0 Å². The number of pyridine rings is 1. The monoisotopic (exact) mass is 486 g/mol. The number of halogens is 1. The topological polar surface area (TPSA) is 101 Å². The van der Waals surface area contributed by atoms with Gasteiger partial charge in [-0.2, -0.15) is 5.10 Å². The van der Waals surface area contributed by atoms with Crippen molar-refractivity contribution in [2.75, 3.05) is 10.6 Å². The van der Waals surface area contributed by atoms with Crippen LogP contribution >= 0.6 is 22.9 Å². The van der Waals surface area contributed by atoms with Gasteiger partial charge in [0.25, 0.3) is 5.91 Å². The Morgan fingerprint density at radius 3 is 2.82 bits per heavy atom. The molecule has 3 aromatic heterocycles. The van der Waals surface area contributed by atoms with Crippen molar-refractivity contribution < 1.29 is 9.59 Å². The van der Waals surface area contributed by atoms with Crippen molar-refractivity contribution in [1.82, 2.24) is 20.1 Å². The molecule has 2 amide bonds. The van der Waals surface area contributed by atoms with Crippen molar-refractivity contribution in [3.05, 3.63) is 57.6 Å². The van der Waals surface area contributed by atoms with E-state index in [2.05, 4.69) is 26.0 Å². The number of nitrogens with zero attached hydrogens (tertiary/aromatic N) is 3. The predicted molar refractivity (Wildman–Crippen MR) is 131 cm³/mol. The van der Waals surface area contributed by atoms with E-state index in [-0.39, 0.29) is 11.8 Å². The third kappa shape index (κ3) is 6.55. The minimum atomic E-state index is -0.597. The molecule has 0 spiro atoms. The number of carbonyl (C=O) groups is 2. The van der Waals surface area contributed by atoms with Gasteiger partial charge in [-0.05, 0) is 36.6 Å². The quantitative estimate of drug-likeness (QED) is 0.414. The van der Waals surface area contributed by atoms with Gasteiger partial charge in [0, 0.05) is 29.3 Å². The zero-order valence-corrected chi connectivity index (χ0v) is 20.0. The zero-order chi connectivity index (χ0) is 23.2. The molecule has 0 bridgehead atoms. The Kier molecular flexibility index (Phi) is 7.61. The van der Waals surface area contributed by atoms with Crippen molar-refractivity contribution in [2.24, 2.45) is 13.0 Å². The Morgan fingerprint density at radius 2 is 2.09 bits per heavy atom. The molecule has 33 heavy (non-hydrogen) atoms. The van der Waals surface area contributed by atoms with E-state index in [9.17, 15) is 9.59 Å². The third-order valence-electron chi connectivity index (χ3n) is 5.69. The van der Waals surface area contributed by atoms with E-state index < -0.39 is 6.04 Å². The first-order valence-electron chi connectivity index (χ1n) is 11.0. The largest absolute Gasteiger partial charge is 0.365 e. The van der Waals surface area contributed by atoms with Crippen LogP contribution < -0.4 is 16.0 Å². The van der Waals surface area contributed by atoms with Crippen molar-refractivity contribution in [3.63, 3.8) is 0 Å². The summed E-state index contributed by atoms with van der Waals surface area (Å²) in [4.78, 5) is 31.7. The van der Waals surface area contributed by atoms with E-state index >= 15 is 0 Å². The molecule has 4 rings (SSSR count). The number of aryl methyl sites for hydroxylation is 1. The molecule has 1 saturated carbocycles. The molecule has 0 aliphatic heterocycles. The van der Waals surface area contributed by atoms with Crippen LogP contribution in [-0.4, -0.2) is 32.6 Å². The molecule has 8 nitrogen and oxygen atoms in total. The Balaban J connectivity index is 1.38. The number of hydrogen-bond acceptors (Lipinski definition) is 6. The summed E-state index contributed by atoms with van der Waals surface area (Å²) in [5, 5.41) is 13.7. The molecule has 0 saturated heterocycles. The molecule has 1 fully saturated rings. The van der Waals surface area contributed by atoms with Gasteiger partial charge in [0.2, 0.25) is 5.91 Å². The second-order valence-electron chi connectivity index (χ2n) is 8.28. The van der Waals surface area contributed by atoms with Crippen molar-refractivity contribution in [1.29, 1.82) is 0 Å². The highest BCUT2D eigenvalue weighted by molar-refractivity contribution is 7.14. The average Bonchev–Trinajstić information content (AvgIpc) is 3.54. The van der Waals surface area contributed by atoms with Crippen LogP contribution in [0.3, 0.4) is 0 Å². The maximum atomic E-state index is 13.0. The molecule has 10 heteroatoms. The summed E-state index contributed by atoms with van der Waals surface area (Å²) in [6.07, 6.45) is 10.2. The lowest BCUT2D eigenvalue weighted by Gasteiger charge is -2.21. The minimum absolute atomic E-state index is 0.214. The summed E-state index contributed by atoms with van der Waals surface area (Å²) >= 11 is 7.38. The van der Waals surface area contributed by atoms with Gasteiger partial charge in [-0.1, -0.05) is 37.3 Å². The van der Waals surface area contributed by atoms with Gasteiger partial charge in [-0.25, -0.2) is 4.98 Å². The first-order chi connectivity index (χ1) is 16.0. The van der Waals surface area contributed by atoms with Gasteiger partial charge in [-0.3, -0.25) is 14.3 Å². The highest BCUT2D eigenvalue weighted by Crippen LogP contribution is 2.29. The van der Waals surface area contributed by atoms with Crippen LogP contribution in [-0.2, 0) is 18.4 Å². The molecule has 0 aromatic carbocycles. The Hall–Kier alpha value is -2.91. The second-order valence-corrected chi connectivity index (χ2v) is 9.89. The van der Waals surface area contributed by atoms with E-state index in [1.807, 2.05) is 6.07 Å². The normalized spacial score (nSPS) is 14.7. The van der Waals surface area contributed by atoms with Crippen LogP contribution in [0.25, 0.3) is 0 Å². The molecule has 1 atom stereocenters. The summed E-state index contributed by atoms with van der Waals surface area (Å²) in [6, 6.07) is 6.55. The van der Waals surface area contributed by atoms with Crippen molar-refractivity contribution >= 4 is 46.3 Å². The second kappa shape index (κ2) is 10.8. The van der Waals surface area contributed by atoms with Crippen molar-refractivity contribution in [3.8, 4) is 0 Å². The lowest BCUT2D eigenvalue weighted by atomic mass is 9.97. The average molecular weight is 487 g/mol. The molecule has 3 N–H and O–H groups in total. The van der Waals surface area contributed by atoms with Gasteiger partial charge in [0.1, 0.15) is 11.9 Å². The Bertz CT molecular complexity index is 1110. The number of anilines is 2. The van der Waals surface area contributed by atoms with E-state index in [0.717, 1.165) is 17.7 Å². The smallest absolute Gasteiger partial charge is 0.262 e. The summed E-state index contributed by atoms with van der Waals surface area (Å²) < 4.78 is 1.63. The first kappa shape index (κ1) is 23.3. The maximum Gasteiger partial charge on any atom is 0.262 e. The third-order valence-corrected chi connectivity index (χ3v) is 7.01. The fourth-order valence-electron chi connectivity index (χ4n) is 4.03. The van der Waals surface area contributed by atoms with E-state index in [4.69, 9.17) is 11.6 Å².